The molecule has 0 heterocycles. The van der Waals surface area contributed by atoms with Gasteiger partial charge in [0.05, 0.1) is 5.56 Å². The molecule has 0 fully saturated rings. The van der Waals surface area contributed by atoms with Crippen molar-refractivity contribution in [3.05, 3.63) is 29.3 Å². The molecule has 0 amide bonds. The molecule has 0 radical (unpaired) electrons. The summed E-state index contributed by atoms with van der Waals surface area (Å²) in [7, 11) is 0. The first kappa shape index (κ1) is 13.7. The highest BCUT2D eigenvalue weighted by molar-refractivity contribution is 6.04. The van der Waals surface area contributed by atoms with Crippen LogP contribution in [0.4, 0.5) is 5.69 Å². The second kappa shape index (κ2) is 5.28. The third-order valence-corrected chi connectivity index (χ3v) is 2.32. The van der Waals surface area contributed by atoms with E-state index in [1.807, 2.05) is 0 Å². The van der Waals surface area contributed by atoms with Gasteiger partial charge in [0.15, 0.2) is 5.78 Å². The van der Waals surface area contributed by atoms with Crippen molar-refractivity contribution in [1.82, 2.24) is 0 Å². The summed E-state index contributed by atoms with van der Waals surface area (Å²) >= 11 is 0. The minimum absolute atomic E-state index is 0.0356. The van der Waals surface area contributed by atoms with Crippen molar-refractivity contribution in [3.63, 3.8) is 0 Å². The summed E-state index contributed by atoms with van der Waals surface area (Å²) in [5.41, 5.74) is 10.7. The predicted octanol–water partition coefficient (Wildman–Crippen LogP) is -0.0483. The number of hydrogen-bond donors (Lipinski definition) is 4. The van der Waals surface area contributed by atoms with Gasteiger partial charge in [-0.05, 0) is 18.2 Å². The van der Waals surface area contributed by atoms with Gasteiger partial charge in [0, 0.05) is 17.7 Å². The van der Waals surface area contributed by atoms with Gasteiger partial charge in [-0.3, -0.25) is 9.59 Å². The predicted molar refractivity (Wildman–Crippen MR) is 62.4 cm³/mol. The molecule has 1 rings (SSSR count). The quantitative estimate of drug-likeness (QED) is 0.424. The van der Waals surface area contributed by atoms with Crippen LogP contribution in [0.5, 0.6) is 0 Å². The molecule has 0 saturated heterocycles. The Bertz CT molecular complexity index is 512. The lowest BCUT2D eigenvalue weighted by Crippen LogP contribution is -2.32. The number of carboxylic acid groups (broad SMARTS) is 2. The van der Waals surface area contributed by atoms with Crippen molar-refractivity contribution >= 4 is 23.4 Å². The fraction of sp³-hybridized carbons (Fsp3) is 0.182. The number of Topliss-reactive ketones (excluding diaryl/α,β-unsaturated/α-hetero) is 1. The van der Waals surface area contributed by atoms with Gasteiger partial charge in [-0.15, -0.1) is 0 Å². The lowest BCUT2D eigenvalue weighted by Gasteiger charge is -2.08. The van der Waals surface area contributed by atoms with Crippen LogP contribution in [0.1, 0.15) is 27.1 Å². The van der Waals surface area contributed by atoms with Crippen molar-refractivity contribution < 1.29 is 24.6 Å². The zero-order valence-electron chi connectivity index (χ0n) is 9.29. The van der Waals surface area contributed by atoms with Gasteiger partial charge < -0.3 is 21.7 Å². The molecule has 0 bridgehead atoms. The Morgan fingerprint density at radius 3 is 2.33 bits per heavy atom. The molecule has 1 aromatic rings. The molecule has 0 aliphatic carbocycles. The number of benzene rings is 1. The average Bonchev–Trinajstić information content (AvgIpc) is 2.28. The number of hydrogen-bond acceptors (Lipinski definition) is 5. The molecule has 0 aliphatic heterocycles. The Morgan fingerprint density at radius 2 is 1.83 bits per heavy atom. The fourth-order valence-electron chi connectivity index (χ4n) is 1.33. The van der Waals surface area contributed by atoms with Crippen LogP contribution in [-0.2, 0) is 4.79 Å². The number of ketones is 1. The lowest BCUT2D eigenvalue weighted by molar-refractivity contribution is -0.138. The van der Waals surface area contributed by atoms with E-state index in [4.69, 9.17) is 21.7 Å². The Labute approximate surface area is 102 Å². The highest BCUT2D eigenvalue weighted by atomic mass is 16.4. The molecule has 1 aromatic carbocycles. The van der Waals surface area contributed by atoms with Crippen LogP contribution in [-0.4, -0.2) is 34.0 Å². The Morgan fingerprint density at radius 1 is 1.22 bits per heavy atom. The number of carbonyl (C=O) groups is 3. The van der Waals surface area contributed by atoms with E-state index in [1.165, 1.54) is 12.1 Å². The van der Waals surface area contributed by atoms with E-state index in [-0.39, 0.29) is 16.8 Å². The normalized spacial score (nSPS) is 11.8. The van der Waals surface area contributed by atoms with Gasteiger partial charge in [0.2, 0.25) is 0 Å². The number of aliphatic carboxylic acids is 1. The maximum Gasteiger partial charge on any atom is 0.335 e. The van der Waals surface area contributed by atoms with Crippen molar-refractivity contribution in [1.29, 1.82) is 0 Å². The van der Waals surface area contributed by atoms with E-state index in [0.29, 0.717) is 0 Å². The molecular weight excluding hydrogens is 240 g/mol. The Balaban J connectivity index is 3.01. The van der Waals surface area contributed by atoms with Crippen LogP contribution >= 0.6 is 0 Å². The monoisotopic (exact) mass is 252 g/mol. The molecule has 0 saturated carbocycles. The van der Waals surface area contributed by atoms with Crippen LogP contribution in [0.2, 0.25) is 0 Å². The topological polar surface area (TPSA) is 144 Å². The average molecular weight is 252 g/mol. The molecular formula is C11H12N2O5. The summed E-state index contributed by atoms with van der Waals surface area (Å²) in [6.07, 6.45) is -0.442. The number of anilines is 1. The zero-order valence-corrected chi connectivity index (χ0v) is 9.29. The van der Waals surface area contributed by atoms with Crippen molar-refractivity contribution in [2.45, 2.75) is 12.5 Å². The lowest BCUT2D eigenvalue weighted by atomic mass is 10.0. The van der Waals surface area contributed by atoms with Crippen molar-refractivity contribution in [2.24, 2.45) is 5.73 Å². The number of nitrogen functional groups attached to an aromatic ring is 1. The van der Waals surface area contributed by atoms with Gasteiger partial charge >= 0.3 is 11.9 Å². The van der Waals surface area contributed by atoms with E-state index in [0.717, 1.165) is 6.07 Å². The first-order valence-corrected chi connectivity index (χ1v) is 4.97. The van der Waals surface area contributed by atoms with Crippen LogP contribution < -0.4 is 11.5 Å². The van der Waals surface area contributed by atoms with Crippen LogP contribution in [0, 0.1) is 0 Å². The Kier molecular flexibility index (Phi) is 4.01. The van der Waals surface area contributed by atoms with Gasteiger partial charge in [0.25, 0.3) is 0 Å². The summed E-state index contributed by atoms with van der Waals surface area (Å²) in [5.74, 6) is -3.12. The second-order valence-electron chi connectivity index (χ2n) is 3.68. The second-order valence-corrected chi connectivity index (χ2v) is 3.68. The molecule has 0 unspecified atom stereocenters. The molecule has 18 heavy (non-hydrogen) atoms. The standard InChI is InChI=1S/C11H12N2O5/c12-7-2-1-5(10(15)16)3-6(7)9(14)4-8(13)11(17)18/h1-3,8H,4,12-13H2,(H,15,16)(H,17,18)/t8-/m0/s1. The first-order chi connectivity index (χ1) is 8.32. The number of carboxylic acids is 2. The number of aromatic carboxylic acids is 1. The summed E-state index contributed by atoms with van der Waals surface area (Å²) in [6.45, 7) is 0. The molecule has 6 N–H and O–H groups in total. The molecule has 0 aromatic heterocycles. The number of carbonyl (C=O) groups excluding carboxylic acids is 1. The number of nitrogens with two attached hydrogens (primary N) is 2. The van der Waals surface area contributed by atoms with Crippen LogP contribution in [0.3, 0.4) is 0 Å². The summed E-state index contributed by atoms with van der Waals surface area (Å²) in [5, 5.41) is 17.4. The van der Waals surface area contributed by atoms with E-state index in [9.17, 15) is 14.4 Å². The van der Waals surface area contributed by atoms with Crippen molar-refractivity contribution in [3.8, 4) is 0 Å². The summed E-state index contributed by atoms with van der Waals surface area (Å²) in [4.78, 5) is 33.0. The highest BCUT2D eigenvalue weighted by Crippen LogP contribution is 2.17. The third kappa shape index (κ3) is 3.05. The number of rotatable bonds is 5. The van der Waals surface area contributed by atoms with Gasteiger partial charge in [-0.25, -0.2) is 4.79 Å². The van der Waals surface area contributed by atoms with E-state index in [1.54, 1.807) is 0 Å². The SMILES string of the molecule is Nc1ccc(C(=O)O)cc1C(=O)C[C@H](N)C(=O)O. The van der Waals surface area contributed by atoms with Gasteiger partial charge in [-0.1, -0.05) is 0 Å². The maximum absolute atomic E-state index is 11.7. The maximum atomic E-state index is 11.7. The molecule has 96 valence electrons. The molecule has 1 atom stereocenters. The van der Waals surface area contributed by atoms with Gasteiger partial charge in [0.1, 0.15) is 6.04 Å². The first-order valence-electron chi connectivity index (χ1n) is 4.97. The molecule has 0 aliphatic rings. The van der Waals surface area contributed by atoms with Crippen molar-refractivity contribution in [2.75, 3.05) is 5.73 Å². The zero-order chi connectivity index (χ0) is 13.9. The fourth-order valence-corrected chi connectivity index (χ4v) is 1.33. The van der Waals surface area contributed by atoms with E-state index < -0.39 is 30.2 Å². The largest absolute Gasteiger partial charge is 0.480 e. The van der Waals surface area contributed by atoms with Gasteiger partial charge in [-0.2, -0.15) is 0 Å². The minimum Gasteiger partial charge on any atom is -0.480 e. The van der Waals surface area contributed by atoms with Crippen LogP contribution in [0.15, 0.2) is 18.2 Å². The Hall–Kier alpha value is -2.41. The minimum atomic E-state index is -1.34. The summed E-state index contributed by atoms with van der Waals surface area (Å²) in [6, 6.07) is 2.30. The van der Waals surface area contributed by atoms with Crippen LogP contribution in [0.25, 0.3) is 0 Å². The van der Waals surface area contributed by atoms with E-state index in [2.05, 4.69) is 0 Å². The molecule has 7 heteroatoms. The smallest absolute Gasteiger partial charge is 0.335 e. The van der Waals surface area contributed by atoms with E-state index >= 15 is 0 Å². The molecule has 0 spiro atoms. The summed E-state index contributed by atoms with van der Waals surface area (Å²) < 4.78 is 0. The third-order valence-electron chi connectivity index (χ3n) is 2.32. The highest BCUT2D eigenvalue weighted by Gasteiger charge is 2.20. The molecule has 7 nitrogen and oxygen atoms in total.